The maximum atomic E-state index is 14.8. The van der Waals surface area contributed by atoms with E-state index in [1.165, 1.54) is 18.1 Å². The number of aryl methyl sites for hydroxylation is 1. The van der Waals surface area contributed by atoms with Crippen LogP contribution in [0.3, 0.4) is 0 Å². The number of rotatable bonds is 8. The van der Waals surface area contributed by atoms with Crippen LogP contribution in [0, 0.1) is 17.3 Å². The molecule has 7 rings (SSSR count). The number of carbonyl (C=O) groups is 4. The first-order valence-electron chi connectivity index (χ1n) is 20.2. The normalized spacial score (nSPS) is 28.9. The molecule has 2 saturated carbocycles. The number of methoxy groups -OCH3 is 1. The van der Waals surface area contributed by atoms with E-state index in [1.807, 2.05) is 32.9 Å². The van der Waals surface area contributed by atoms with Crippen molar-refractivity contribution in [2.75, 3.05) is 20.3 Å². The lowest BCUT2D eigenvalue weighted by Crippen LogP contribution is -2.57. The van der Waals surface area contributed by atoms with Gasteiger partial charge in [-0.3, -0.25) is 23.9 Å². The van der Waals surface area contributed by atoms with Crippen molar-refractivity contribution in [1.82, 2.24) is 24.9 Å². The second-order valence-electron chi connectivity index (χ2n) is 18.1. The van der Waals surface area contributed by atoms with Gasteiger partial charge in [0.15, 0.2) is 5.75 Å². The highest BCUT2D eigenvalue weighted by Crippen LogP contribution is 2.50. The zero-order valence-electron chi connectivity index (χ0n) is 33.7. The van der Waals surface area contributed by atoms with Gasteiger partial charge in [0.05, 0.1) is 42.5 Å². The first-order chi connectivity index (χ1) is 27.3. The monoisotopic (exact) mass is 829 g/mol. The summed E-state index contributed by atoms with van der Waals surface area (Å²) in [4.78, 5) is 66.7. The van der Waals surface area contributed by atoms with E-state index in [-0.39, 0.29) is 67.8 Å². The van der Waals surface area contributed by atoms with Gasteiger partial charge in [-0.1, -0.05) is 45.8 Å². The third-order valence-corrected chi connectivity index (χ3v) is 14.4. The molecule has 316 valence electrons. The number of aromatic nitrogens is 2. The van der Waals surface area contributed by atoms with Gasteiger partial charge in [-0.25, -0.2) is 27.2 Å². The smallest absolute Gasteiger partial charge is 0.306 e. The van der Waals surface area contributed by atoms with Crippen LogP contribution in [0.25, 0.3) is 11.0 Å². The second kappa shape index (κ2) is 15.3. The number of nitrogens with zero attached hydrogens (tertiary/aromatic N) is 3. The Balaban J connectivity index is 1.25. The van der Waals surface area contributed by atoms with Crippen LogP contribution < -0.4 is 19.5 Å². The van der Waals surface area contributed by atoms with Gasteiger partial charge in [0, 0.05) is 29.9 Å². The van der Waals surface area contributed by atoms with Gasteiger partial charge in [-0.15, -0.1) is 0 Å². The van der Waals surface area contributed by atoms with Crippen LogP contribution in [0.2, 0.25) is 0 Å². The molecule has 3 fully saturated rings. The molecule has 0 bridgehead atoms. The number of amides is 3. The van der Waals surface area contributed by atoms with E-state index in [1.54, 1.807) is 13.0 Å². The largest absolute Gasteiger partial charge is 0.483 e. The summed E-state index contributed by atoms with van der Waals surface area (Å²) < 4.78 is 74.4. The van der Waals surface area contributed by atoms with E-state index in [2.05, 4.69) is 20.0 Å². The number of nitrogens with one attached hydrogen (secondary N) is 2. The number of halogens is 2. The number of sulfonamides is 1. The van der Waals surface area contributed by atoms with E-state index in [4.69, 9.17) is 14.2 Å². The van der Waals surface area contributed by atoms with Crippen molar-refractivity contribution >= 4 is 44.7 Å². The Labute approximate surface area is 337 Å². The SMILES string of the molecule is COc1ccc2nc(C(F)F)c3c(c2n1)CC[C@]1(C[C@H]2C(=O)N[C@]4(C(=O)NS(=O)(=O)C5(C)CC5)C[C@H]4/C=C\CCCCC[C@H](CC(=O)OCC(C)(C)C)C(=O)N2C1)O3. The van der Waals surface area contributed by atoms with Gasteiger partial charge in [-0.05, 0) is 69.8 Å². The molecule has 3 amide bonds. The van der Waals surface area contributed by atoms with Crippen LogP contribution >= 0.6 is 0 Å². The molecular formula is C41H53F2N5O9S. The lowest BCUT2D eigenvalue weighted by Gasteiger charge is -2.36. The molecule has 2 aliphatic carbocycles. The van der Waals surface area contributed by atoms with Gasteiger partial charge < -0.3 is 24.4 Å². The second-order valence-corrected chi connectivity index (χ2v) is 20.3. The molecule has 14 nitrogen and oxygen atoms in total. The Kier molecular flexibility index (Phi) is 11.0. The van der Waals surface area contributed by atoms with E-state index in [0.717, 1.165) is 12.8 Å². The van der Waals surface area contributed by atoms with E-state index < -0.39 is 79.6 Å². The number of ether oxygens (including phenoxy) is 3. The predicted octanol–water partition coefficient (Wildman–Crippen LogP) is 5.23. The van der Waals surface area contributed by atoms with Crippen molar-refractivity contribution in [3.05, 3.63) is 35.5 Å². The quantitative estimate of drug-likeness (QED) is 0.263. The van der Waals surface area contributed by atoms with Crippen LogP contribution in [0.5, 0.6) is 11.6 Å². The van der Waals surface area contributed by atoms with Crippen LogP contribution in [0.1, 0.15) is 116 Å². The topological polar surface area (TPSA) is 183 Å². The summed E-state index contributed by atoms with van der Waals surface area (Å²) in [6.45, 7) is 7.27. The molecule has 0 unspecified atom stereocenters. The third kappa shape index (κ3) is 8.24. The van der Waals surface area contributed by atoms with Gasteiger partial charge in [0.1, 0.15) is 22.9 Å². The van der Waals surface area contributed by atoms with Gasteiger partial charge in [0.2, 0.25) is 27.7 Å². The molecule has 0 radical (unpaired) electrons. The zero-order valence-corrected chi connectivity index (χ0v) is 34.5. The number of hydrogen-bond acceptors (Lipinski definition) is 11. The van der Waals surface area contributed by atoms with Gasteiger partial charge >= 0.3 is 5.97 Å². The minimum absolute atomic E-state index is 0.133. The average Bonchev–Trinajstić information content (AvgIpc) is 4.06. The third-order valence-electron chi connectivity index (χ3n) is 12.2. The molecule has 0 aromatic carbocycles. The van der Waals surface area contributed by atoms with Crippen LogP contribution in [-0.2, 0) is 40.4 Å². The molecule has 2 N–H and O–H groups in total. The molecule has 5 heterocycles. The summed E-state index contributed by atoms with van der Waals surface area (Å²) >= 11 is 0. The minimum atomic E-state index is -4.05. The summed E-state index contributed by atoms with van der Waals surface area (Å²) in [5.41, 5.74) is -2.89. The highest BCUT2D eigenvalue weighted by Gasteiger charge is 2.64. The fourth-order valence-electron chi connectivity index (χ4n) is 8.35. The van der Waals surface area contributed by atoms with Crippen LogP contribution in [0.4, 0.5) is 8.78 Å². The molecule has 2 aromatic heterocycles. The molecular weight excluding hydrogens is 777 g/mol. The number of allylic oxidation sites excluding steroid dienone is 1. The van der Waals surface area contributed by atoms with Gasteiger partial charge in [0.25, 0.3) is 12.3 Å². The molecule has 5 atom stereocenters. The minimum Gasteiger partial charge on any atom is -0.483 e. The van der Waals surface area contributed by atoms with E-state index in [9.17, 15) is 36.4 Å². The number of carbonyl (C=O) groups excluding carboxylic acids is 4. The molecule has 17 heteroatoms. The van der Waals surface area contributed by atoms with Crippen molar-refractivity contribution < 1.29 is 50.6 Å². The van der Waals surface area contributed by atoms with Crippen molar-refractivity contribution in [2.45, 2.75) is 133 Å². The lowest BCUT2D eigenvalue weighted by molar-refractivity contribution is -0.152. The van der Waals surface area contributed by atoms with Crippen molar-refractivity contribution in [3.63, 3.8) is 0 Å². The summed E-state index contributed by atoms with van der Waals surface area (Å²) in [6, 6.07) is 1.81. The van der Waals surface area contributed by atoms with Crippen molar-refractivity contribution in [2.24, 2.45) is 17.3 Å². The predicted molar refractivity (Wildman–Crippen MR) is 207 cm³/mol. The maximum absolute atomic E-state index is 14.8. The lowest BCUT2D eigenvalue weighted by atomic mass is 9.88. The summed E-state index contributed by atoms with van der Waals surface area (Å²) in [6.07, 6.45) is 4.78. The fourth-order valence-corrected chi connectivity index (χ4v) is 9.66. The zero-order chi connectivity index (χ0) is 41.8. The molecule has 1 spiro atoms. The number of hydrogen-bond donors (Lipinski definition) is 2. The first-order valence-corrected chi connectivity index (χ1v) is 21.6. The van der Waals surface area contributed by atoms with Crippen LogP contribution in [-0.4, -0.2) is 89.2 Å². The molecule has 58 heavy (non-hydrogen) atoms. The highest BCUT2D eigenvalue weighted by atomic mass is 32.2. The Hall–Kier alpha value is -4.41. The summed E-state index contributed by atoms with van der Waals surface area (Å²) in [5.74, 6) is -3.93. The number of fused-ring (bicyclic) bond motifs is 5. The van der Waals surface area contributed by atoms with Crippen molar-refractivity contribution in [1.29, 1.82) is 0 Å². The Morgan fingerprint density at radius 1 is 1.10 bits per heavy atom. The number of alkyl halides is 2. The highest BCUT2D eigenvalue weighted by molar-refractivity contribution is 7.91. The van der Waals surface area contributed by atoms with Crippen LogP contribution in [0.15, 0.2) is 24.3 Å². The van der Waals surface area contributed by atoms with Crippen molar-refractivity contribution in [3.8, 4) is 11.6 Å². The first kappa shape index (κ1) is 41.7. The molecule has 3 aliphatic heterocycles. The standard InChI is InChI=1S/C41H53F2N5O9S/c1-38(2,3)23-56-30(49)19-24-11-9-7-6-8-10-12-25-20-41(25,37(52)47-58(53,54)39(4)17-18-39)46-35(50)28-21-40(22-48(28)36(24)51)16-15-26-31-27(13-14-29(45-31)55-5)44-32(34(42)43)33(26)57-40/h10,12-14,24-25,28,34H,6-9,11,15-23H2,1-5H3,(H,46,50)(H,47,52)/b12-10-/t24-,25-,28+,40-,41-/m1/s1. The Bertz CT molecular complexity index is 2140. The summed E-state index contributed by atoms with van der Waals surface area (Å²) in [7, 11) is -2.62. The van der Waals surface area contributed by atoms with E-state index in [0.29, 0.717) is 43.2 Å². The van der Waals surface area contributed by atoms with E-state index >= 15 is 0 Å². The maximum Gasteiger partial charge on any atom is 0.306 e. The fraction of sp³-hybridized carbons (Fsp3) is 0.659. The number of esters is 1. The average molecular weight is 830 g/mol. The summed E-state index contributed by atoms with van der Waals surface area (Å²) in [5, 5.41) is 2.86. The number of pyridine rings is 2. The Morgan fingerprint density at radius 3 is 2.55 bits per heavy atom. The molecule has 1 saturated heterocycles. The Morgan fingerprint density at radius 2 is 1.86 bits per heavy atom. The van der Waals surface area contributed by atoms with Gasteiger partial charge in [-0.2, -0.15) is 0 Å². The molecule has 2 aromatic rings. The molecule has 5 aliphatic rings.